The molecule has 0 bridgehead atoms. The summed E-state index contributed by atoms with van der Waals surface area (Å²) in [5.41, 5.74) is 0.817. The van der Waals surface area contributed by atoms with Gasteiger partial charge in [-0.2, -0.15) is 0 Å². The van der Waals surface area contributed by atoms with Gasteiger partial charge in [0.1, 0.15) is 0 Å². The van der Waals surface area contributed by atoms with Crippen molar-refractivity contribution in [3.63, 3.8) is 0 Å². The molecule has 0 aliphatic heterocycles. The predicted octanol–water partition coefficient (Wildman–Crippen LogP) is 14.1. The first kappa shape index (κ1) is 43.7. The van der Waals surface area contributed by atoms with Crippen LogP contribution in [0.4, 0.5) is 0 Å². The summed E-state index contributed by atoms with van der Waals surface area (Å²) in [5.74, 6) is -0.739. The van der Waals surface area contributed by atoms with Crippen LogP contribution in [0.1, 0.15) is 214 Å². The third kappa shape index (κ3) is 27.6. The fourth-order valence-electron chi connectivity index (χ4n) is 5.97. The van der Waals surface area contributed by atoms with Gasteiger partial charge in [-0.1, -0.05) is 160 Å². The molecule has 0 N–H and O–H groups in total. The Morgan fingerprint density at radius 3 is 1.06 bits per heavy atom. The van der Waals surface area contributed by atoms with Crippen molar-refractivity contribution in [2.24, 2.45) is 0 Å². The van der Waals surface area contributed by atoms with Gasteiger partial charge in [0.15, 0.2) is 0 Å². The van der Waals surface area contributed by atoms with E-state index in [9.17, 15) is 9.59 Å². The number of benzene rings is 1. The number of esters is 2. The van der Waals surface area contributed by atoms with Gasteiger partial charge in [0.05, 0.1) is 24.3 Å². The molecule has 1 aromatic carbocycles. The van der Waals surface area contributed by atoms with E-state index in [1.54, 1.807) is 24.3 Å². The maximum absolute atomic E-state index is 12.5. The summed E-state index contributed by atoms with van der Waals surface area (Å²) >= 11 is 0. The van der Waals surface area contributed by atoms with Gasteiger partial charge in [0, 0.05) is 0 Å². The van der Waals surface area contributed by atoms with Crippen LogP contribution in [0.3, 0.4) is 0 Å². The Bertz CT molecular complexity index is 862. The number of rotatable bonds is 34. The summed E-state index contributed by atoms with van der Waals surface area (Å²) in [7, 11) is 0. The van der Waals surface area contributed by atoms with E-state index in [2.05, 4.69) is 38.2 Å². The Hall–Kier alpha value is -2.36. The van der Waals surface area contributed by atoms with Gasteiger partial charge >= 0.3 is 11.9 Å². The molecule has 0 amide bonds. The fourth-order valence-corrected chi connectivity index (χ4v) is 5.97. The summed E-state index contributed by atoms with van der Waals surface area (Å²) in [4.78, 5) is 25.0. The number of hydrogen-bond donors (Lipinski definition) is 0. The third-order valence-electron chi connectivity index (χ3n) is 9.11. The largest absolute Gasteiger partial charge is 0.462 e. The van der Waals surface area contributed by atoms with E-state index in [0.29, 0.717) is 24.3 Å². The summed E-state index contributed by atoms with van der Waals surface area (Å²) in [5, 5.41) is 0. The monoisotopic (exact) mass is 667 g/mol. The second-order valence-electron chi connectivity index (χ2n) is 13.7. The number of allylic oxidation sites excluding steroid dienone is 4. The highest BCUT2D eigenvalue weighted by Gasteiger charge is 2.12. The first-order valence-corrected chi connectivity index (χ1v) is 20.4. The molecule has 274 valence electrons. The van der Waals surface area contributed by atoms with E-state index >= 15 is 0 Å². The van der Waals surface area contributed by atoms with Crippen LogP contribution in [0.5, 0.6) is 0 Å². The molecule has 0 saturated heterocycles. The minimum absolute atomic E-state index is 0.370. The van der Waals surface area contributed by atoms with Crippen molar-refractivity contribution in [1.29, 1.82) is 0 Å². The number of ether oxygens (including phenoxy) is 2. The van der Waals surface area contributed by atoms with Gasteiger partial charge in [-0.3, -0.25) is 0 Å². The van der Waals surface area contributed by atoms with Crippen molar-refractivity contribution in [2.75, 3.05) is 13.2 Å². The molecular weight excluding hydrogens is 592 g/mol. The number of unbranched alkanes of at least 4 members (excludes halogenated alkanes) is 24. The molecule has 0 radical (unpaired) electrons. The molecule has 0 spiro atoms. The van der Waals surface area contributed by atoms with Gasteiger partial charge in [-0.05, 0) is 82.4 Å². The lowest BCUT2D eigenvalue weighted by atomic mass is 10.1. The van der Waals surface area contributed by atoms with E-state index in [4.69, 9.17) is 9.47 Å². The van der Waals surface area contributed by atoms with Crippen LogP contribution in [0.2, 0.25) is 0 Å². The molecule has 0 aliphatic rings. The van der Waals surface area contributed by atoms with Crippen LogP contribution < -0.4 is 0 Å². The summed E-state index contributed by atoms with van der Waals surface area (Å²) < 4.78 is 11.0. The lowest BCUT2D eigenvalue weighted by molar-refractivity contribution is 0.0496. The number of carbonyl (C=O) groups excluding carboxylic acids is 2. The summed E-state index contributed by atoms with van der Waals surface area (Å²) in [6.07, 6.45) is 44.5. The summed E-state index contributed by atoms with van der Waals surface area (Å²) in [6, 6.07) is 6.72. The second kappa shape index (κ2) is 34.5. The van der Waals surface area contributed by atoms with Gasteiger partial charge in [-0.15, -0.1) is 0 Å². The normalized spacial score (nSPS) is 11.5. The number of carbonyl (C=O) groups is 2. The van der Waals surface area contributed by atoms with Crippen molar-refractivity contribution >= 4 is 11.9 Å². The first-order valence-electron chi connectivity index (χ1n) is 20.4. The quantitative estimate of drug-likeness (QED) is 0.0417. The molecular formula is C44H74O4. The lowest BCUT2D eigenvalue weighted by Crippen LogP contribution is -2.10. The second-order valence-corrected chi connectivity index (χ2v) is 13.7. The van der Waals surface area contributed by atoms with Crippen molar-refractivity contribution in [3.05, 3.63) is 59.7 Å². The van der Waals surface area contributed by atoms with Crippen molar-refractivity contribution in [1.82, 2.24) is 0 Å². The highest BCUT2D eigenvalue weighted by atomic mass is 16.5. The predicted molar refractivity (Wildman–Crippen MR) is 206 cm³/mol. The minimum atomic E-state index is -0.370. The summed E-state index contributed by atoms with van der Waals surface area (Å²) in [6.45, 7) is 5.38. The molecule has 0 heterocycles. The van der Waals surface area contributed by atoms with Crippen LogP contribution in [-0.4, -0.2) is 25.2 Å². The maximum Gasteiger partial charge on any atom is 0.338 e. The molecule has 0 saturated carbocycles. The van der Waals surface area contributed by atoms with Crippen LogP contribution in [0, 0.1) is 0 Å². The van der Waals surface area contributed by atoms with Crippen LogP contribution in [0.25, 0.3) is 0 Å². The van der Waals surface area contributed by atoms with Crippen molar-refractivity contribution in [3.8, 4) is 0 Å². The lowest BCUT2D eigenvalue weighted by Gasteiger charge is -2.08. The zero-order chi connectivity index (χ0) is 34.6. The van der Waals surface area contributed by atoms with E-state index in [1.807, 2.05) is 0 Å². The molecule has 48 heavy (non-hydrogen) atoms. The van der Waals surface area contributed by atoms with Crippen LogP contribution in [0.15, 0.2) is 48.6 Å². The van der Waals surface area contributed by atoms with E-state index in [-0.39, 0.29) is 11.9 Å². The van der Waals surface area contributed by atoms with Crippen LogP contribution >= 0.6 is 0 Å². The van der Waals surface area contributed by atoms with E-state index in [0.717, 1.165) is 25.7 Å². The van der Waals surface area contributed by atoms with Gasteiger partial charge < -0.3 is 9.47 Å². The highest BCUT2D eigenvalue weighted by Crippen LogP contribution is 2.14. The van der Waals surface area contributed by atoms with Crippen molar-refractivity contribution in [2.45, 2.75) is 194 Å². The Balaban J connectivity index is 1.99. The smallest absolute Gasteiger partial charge is 0.338 e. The third-order valence-corrected chi connectivity index (χ3v) is 9.11. The molecule has 0 fully saturated rings. The minimum Gasteiger partial charge on any atom is -0.462 e. The standard InChI is InChI=1S/C44H74O4/c1-3-5-7-9-11-13-15-17-19-21-23-25-27-29-31-33-38-47-43(45)41-36-35-37-42(40-41)44(46)48-39-34-32-30-28-26-24-22-20-18-16-14-12-10-8-6-4-2/h17-20,35-37,40H,3-16,21-34,38-39H2,1-2H3. The molecule has 4 nitrogen and oxygen atoms in total. The van der Waals surface area contributed by atoms with Crippen LogP contribution in [-0.2, 0) is 9.47 Å². The Labute approximate surface area is 296 Å². The van der Waals surface area contributed by atoms with Gasteiger partial charge in [0.25, 0.3) is 0 Å². The zero-order valence-corrected chi connectivity index (χ0v) is 31.5. The Morgan fingerprint density at radius 2 is 0.729 bits per heavy atom. The van der Waals surface area contributed by atoms with Crippen molar-refractivity contribution < 1.29 is 19.1 Å². The average molecular weight is 667 g/mol. The van der Waals surface area contributed by atoms with Gasteiger partial charge in [-0.25, -0.2) is 9.59 Å². The number of hydrogen-bond acceptors (Lipinski definition) is 4. The average Bonchev–Trinajstić information content (AvgIpc) is 3.10. The Kier molecular flexibility index (Phi) is 31.4. The highest BCUT2D eigenvalue weighted by molar-refractivity contribution is 5.95. The molecule has 1 aromatic rings. The maximum atomic E-state index is 12.5. The SMILES string of the molecule is CCCCCCCCC=CCCCCCCCCOC(=O)c1cccc(C(=O)OCCCCCCCCC=CCCCCCCCC)c1. The molecule has 0 unspecified atom stereocenters. The van der Waals surface area contributed by atoms with E-state index in [1.165, 1.54) is 154 Å². The fraction of sp³-hybridized carbons (Fsp3) is 0.727. The molecule has 1 rings (SSSR count). The molecule has 0 aromatic heterocycles. The zero-order valence-electron chi connectivity index (χ0n) is 31.5. The molecule has 4 heteroatoms. The van der Waals surface area contributed by atoms with Gasteiger partial charge in [0.2, 0.25) is 0 Å². The molecule has 0 aliphatic carbocycles. The Morgan fingerprint density at radius 1 is 0.438 bits per heavy atom. The topological polar surface area (TPSA) is 52.6 Å². The van der Waals surface area contributed by atoms with E-state index < -0.39 is 0 Å². The molecule has 0 atom stereocenters. The first-order chi connectivity index (χ1) is 23.7.